The number of halogens is 1. The highest BCUT2D eigenvalue weighted by atomic mass is 19.1. The summed E-state index contributed by atoms with van der Waals surface area (Å²) in [4.78, 5) is 24.7. The Morgan fingerprint density at radius 1 is 1.52 bits per heavy atom. The van der Waals surface area contributed by atoms with E-state index >= 15 is 0 Å². The van der Waals surface area contributed by atoms with E-state index in [1.54, 1.807) is 24.0 Å². The predicted octanol–water partition coefficient (Wildman–Crippen LogP) is 1.63. The number of aliphatic carboxylic acids is 1. The van der Waals surface area contributed by atoms with E-state index < -0.39 is 18.0 Å². The van der Waals surface area contributed by atoms with Gasteiger partial charge in [-0.2, -0.15) is 0 Å². The highest BCUT2D eigenvalue weighted by Crippen LogP contribution is 2.21. The molecule has 114 valence electrons. The smallest absolute Gasteiger partial charge is 0.306 e. The molecule has 0 bridgehead atoms. The number of nitrogens with zero attached hydrogens (tertiary/aromatic N) is 1. The van der Waals surface area contributed by atoms with Crippen molar-refractivity contribution in [1.29, 1.82) is 0 Å². The van der Waals surface area contributed by atoms with Gasteiger partial charge in [-0.05, 0) is 24.6 Å². The van der Waals surface area contributed by atoms with Crippen LogP contribution in [0.5, 0.6) is 0 Å². The van der Waals surface area contributed by atoms with Crippen LogP contribution >= 0.6 is 0 Å². The van der Waals surface area contributed by atoms with Crippen molar-refractivity contribution in [3.8, 4) is 0 Å². The second-order valence-corrected chi connectivity index (χ2v) is 5.15. The van der Waals surface area contributed by atoms with Gasteiger partial charge in [-0.25, -0.2) is 4.39 Å². The summed E-state index contributed by atoms with van der Waals surface area (Å²) in [5.74, 6) is -1.94. The molecule has 6 heteroatoms. The summed E-state index contributed by atoms with van der Waals surface area (Å²) in [7, 11) is 0. The van der Waals surface area contributed by atoms with Gasteiger partial charge in [-0.15, -0.1) is 0 Å². The lowest BCUT2D eigenvalue weighted by Crippen LogP contribution is -2.47. The first kappa shape index (κ1) is 15.4. The van der Waals surface area contributed by atoms with Crippen LogP contribution in [0.15, 0.2) is 24.3 Å². The fourth-order valence-corrected chi connectivity index (χ4v) is 2.43. The van der Waals surface area contributed by atoms with Crippen LogP contribution in [0.4, 0.5) is 4.39 Å². The van der Waals surface area contributed by atoms with Gasteiger partial charge in [-0.1, -0.05) is 12.1 Å². The number of carbonyl (C=O) groups is 2. The zero-order chi connectivity index (χ0) is 15.4. The molecule has 1 amide bonds. The number of hydrogen-bond donors (Lipinski definition) is 1. The molecule has 2 atom stereocenters. The molecular formula is C15H18FNO4. The van der Waals surface area contributed by atoms with Gasteiger partial charge in [0.1, 0.15) is 5.82 Å². The third-order valence-corrected chi connectivity index (χ3v) is 3.57. The van der Waals surface area contributed by atoms with Crippen molar-refractivity contribution in [3.63, 3.8) is 0 Å². The minimum absolute atomic E-state index is 0.127. The zero-order valence-electron chi connectivity index (χ0n) is 11.8. The van der Waals surface area contributed by atoms with Gasteiger partial charge in [0.05, 0.1) is 25.0 Å². The van der Waals surface area contributed by atoms with Crippen molar-refractivity contribution in [2.75, 3.05) is 19.7 Å². The van der Waals surface area contributed by atoms with Crippen molar-refractivity contribution < 1.29 is 23.8 Å². The molecule has 1 aromatic carbocycles. The third-order valence-electron chi connectivity index (χ3n) is 3.57. The second kappa shape index (κ2) is 6.67. The molecule has 5 nitrogen and oxygen atoms in total. The van der Waals surface area contributed by atoms with Gasteiger partial charge < -0.3 is 14.7 Å². The Labute approximate surface area is 122 Å². The first-order chi connectivity index (χ1) is 9.97. The fraction of sp³-hybridized carbons (Fsp3) is 0.467. The molecule has 21 heavy (non-hydrogen) atoms. The number of hydrogen-bond acceptors (Lipinski definition) is 3. The number of carbonyl (C=O) groups excluding carboxylic acids is 1. The highest BCUT2D eigenvalue weighted by molar-refractivity contribution is 5.83. The molecule has 2 rings (SSSR count). The Kier molecular flexibility index (Phi) is 4.90. The average Bonchev–Trinajstić information content (AvgIpc) is 2.45. The van der Waals surface area contributed by atoms with Crippen molar-refractivity contribution in [2.24, 2.45) is 0 Å². The van der Waals surface area contributed by atoms with E-state index in [9.17, 15) is 14.0 Å². The van der Waals surface area contributed by atoms with Gasteiger partial charge in [0, 0.05) is 13.1 Å². The Hall–Kier alpha value is -1.95. The monoisotopic (exact) mass is 295 g/mol. The largest absolute Gasteiger partial charge is 0.481 e. The molecule has 1 aliphatic rings. The van der Waals surface area contributed by atoms with Gasteiger partial charge >= 0.3 is 5.97 Å². The lowest BCUT2D eigenvalue weighted by atomic mass is 9.99. The molecule has 0 spiro atoms. The van der Waals surface area contributed by atoms with Crippen LogP contribution in [0.3, 0.4) is 0 Å². The molecule has 1 saturated heterocycles. The standard InChI is InChI=1S/C15H18FNO4/c1-10(11-3-2-4-12(16)7-11)15(20)17-5-6-21-13(9-17)8-14(18)19/h2-4,7,10,13H,5-6,8-9H2,1H3,(H,18,19)/t10-,13-/m1/s1. The van der Waals surface area contributed by atoms with Gasteiger partial charge in [0.15, 0.2) is 0 Å². The number of carboxylic acid groups (broad SMARTS) is 1. The minimum Gasteiger partial charge on any atom is -0.481 e. The van der Waals surface area contributed by atoms with Crippen LogP contribution in [-0.4, -0.2) is 47.7 Å². The van der Waals surface area contributed by atoms with E-state index in [-0.39, 0.29) is 24.7 Å². The van der Waals surface area contributed by atoms with E-state index in [4.69, 9.17) is 9.84 Å². The topological polar surface area (TPSA) is 66.8 Å². The Morgan fingerprint density at radius 2 is 2.29 bits per heavy atom. The summed E-state index contributed by atoms with van der Waals surface area (Å²) in [5.41, 5.74) is 0.612. The van der Waals surface area contributed by atoms with Gasteiger partial charge in [0.25, 0.3) is 0 Å². The van der Waals surface area contributed by atoms with E-state index in [0.29, 0.717) is 18.7 Å². The summed E-state index contributed by atoms with van der Waals surface area (Å²) in [6.07, 6.45) is -0.613. The summed E-state index contributed by atoms with van der Waals surface area (Å²) >= 11 is 0. The number of carboxylic acids is 1. The van der Waals surface area contributed by atoms with Gasteiger partial charge in [-0.3, -0.25) is 9.59 Å². The number of rotatable bonds is 4. The Bertz CT molecular complexity index is 534. The van der Waals surface area contributed by atoms with E-state index in [2.05, 4.69) is 0 Å². The molecule has 0 aliphatic carbocycles. The third kappa shape index (κ3) is 4.01. The van der Waals surface area contributed by atoms with Crippen molar-refractivity contribution in [1.82, 2.24) is 4.90 Å². The van der Waals surface area contributed by atoms with Crippen LogP contribution in [0, 0.1) is 5.82 Å². The van der Waals surface area contributed by atoms with E-state index in [0.717, 1.165) is 0 Å². The summed E-state index contributed by atoms with van der Waals surface area (Å²) < 4.78 is 18.6. The van der Waals surface area contributed by atoms with Crippen LogP contribution in [-0.2, 0) is 14.3 Å². The fourth-order valence-electron chi connectivity index (χ4n) is 2.43. The highest BCUT2D eigenvalue weighted by Gasteiger charge is 2.29. The first-order valence-corrected chi connectivity index (χ1v) is 6.85. The number of benzene rings is 1. The maximum atomic E-state index is 13.2. The average molecular weight is 295 g/mol. The summed E-state index contributed by atoms with van der Waals surface area (Å²) in [5, 5.41) is 8.78. The molecule has 1 heterocycles. The predicted molar refractivity (Wildman–Crippen MR) is 73.4 cm³/mol. The summed E-state index contributed by atoms with van der Waals surface area (Å²) in [6.45, 7) is 2.72. The summed E-state index contributed by atoms with van der Waals surface area (Å²) in [6, 6.07) is 5.96. The Balaban J connectivity index is 2.03. The molecular weight excluding hydrogens is 277 g/mol. The maximum Gasteiger partial charge on any atom is 0.306 e. The van der Waals surface area contributed by atoms with Crippen LogP contribution < -0.4 is 0 Å². The SMILES string of the molecule is C[C@@H](C(=O)N1CCO[C@H](CC(=O)O)C1)c1cccc(F)c1. The first-order valence-electron chi connectivity index (χ1n) is 6.85. The molecule has 0 radical (unpaired) electrons. The Morgan fingerprint density at radius 3 is 2.95 bits per heavy atom. The second-order valence-electron chi connectivity index (χ2n) is 5.15. The molecule has 1 fully saturated rings. The van der Waals surface area contributed by atoms with Gasteiger partial charge in [0.2, 0.25) is 5.91 Å². The normalized spacial score (nSPS) is 20.1. The number of amides is 1. The molecule has 1 N–H and O–H groups in total. The molecule has 0 saturated carbocycles. The van der Waals surface area contributed by atoms with Crippen LogP contribution in [0.2, 0.25) is 0 Å². The lowest BCUT2D eigenvalue weighted by Gasteiger charge is -2.34. The quantitative estimate of drug-likeness (QED) is 0.917. The zero-order valence-corrected chi connectivity index (χ0v) is 11.8. The van der Waals surface area contributed by atoms with E-state index in [1.807, 2.05) is 0 Å². The van der Waals surface area contributed by atoms with Crippen molar-refractivity contribution in [2.45, 2.75) is 25.4 Å². The molecule has 1 aliphatic heterocycles. The maximum absolute atomic E-state index is 13.2. The van der Waals surface area contributed by atoms with Crippen LogP contribution in [0.1, 0.15) is 24.8 Å². The number of morpholine rings is 1. The molecule has 0 aromatic heterocycles. The van der Waals surface area contributed by atoms with Crippen molar-refractivity contribution in [3.05, 3.63) is 35.6 Å². The van der Waals surface area contributed by atoms with Crippen LogP contribution in [0.25, 0.3) is 0 Å². The number of ether oxygens (including phenoxy) is 1. The van der Waals surface area contributed by atoms with Crippen molar-refractivity contribution >= 4 is 11.9 Å². The molecule has 0 unspecified atom stereocenters. The lowest BCUT2D eigenvalue weighted by molar-refractivity contribution is -0.148. The molecule has 1 aromatic rings. The van der Waals surface area contributed by atoms with E-state index in [1.165, 1.54) is 12.1 Å². The minimum atomic E-state index is -0.951.